The van der Waals surface area contributed by atoms with Gasteiger partial charge in [-0.15, -0.1) is 0 Å². The Morgan fingerprint density at radius 2 is 1.76 bits per heavy atom. The van der Waals surface area contributed by atoms with E-state index in [1.807, 2.05) is 19.9 Å². The van der Waals surface area contributed by atoms with Crippen molar-refractivity contribution in [3.05, 3.63) is 65.7 Å². The second kappa shape index (κ2) is 14.1. The van der Waals surface area contributed by atoms with E-state index >= 15 is 0 Å². The van der Waals surface area contributed by atoms with E-state index in [1.54, 1.807) is 48.5 Å². The highest BCUT2D eigenvalue weighted by molar-refractivity contribution is 5.99. The van der Waals surface area contributed by atoms with Crippen molar-refractivity contribution in [1.82, 2.24) is 21.3 Å². The van der Waals surface area contributed by atoms with Crippen LogP contribution in [0.3, 0.4) is 0 Å². The van der Waals surface area contributed by atoms with Gasteiger partial charge in [0.05, 0.1) is 18.2 Å². The van der Waals surface area contributed by atoms with Crippen LogP contribution in [0.25, 0.3) is 0 Å². The molecule has 0 fully saturated rings. The van der Waals surface area contributed by atoms with Crippen molar-refractivity contribution in [2.24, 2.45) is 5.92 Å². The Labute approximate surface area is 222 Å². The van der Waals surface area contributed by atoms with Gasteiger partial charge in [-0.3, -0.25) is 19.2 Å². The molecule has 0 unspecified atom stereocenters. The maximum atomic E-state index is 13.1. The van der Waals surface area contributed by atoms with E-state index in [1.165, 1.54) is 0 Å². The van der Waals surface area contributed by atoms with Crippen molar-refractivity contribution in [2.75, 3.05) is 19.7 Å². The number of aliphatic hydroxyl groups is 1. The fourth-order valence-corrected chi connectivity index (χ4v) is 4.10. The van der Waals surface area contributed by atoms with E-state index in [2.05, 4.69) is 21.3 Å². The van der Waals surface area contributed by atoms with Crippen LogP contribution in [0, 0.1) is 5.92 Å². The molecule has 1 aliphatic rings. The molecule has 10 nitrogen and oxygen atoms in total. The van der Waals surface area contributed by atoms with E-state index in [4.69, 9.17) is 4.74 Å². The lowest BCUT2D eigenvalue weighted by atomic mass is 10.0. The van der Waals surface area contributed by atoms with Crippen LogP contribution in [0.15, 0.2) is 54.6 Å². The number of fused-ring (bicyclic) bond motifs is 1. The zero-order chi connectivity index (χ0) is 27.5. The number of benzene rings is 2. The van der Waals surface area contributed by atoms with Crippen LogP contribution in [0.4, 0.5) is 0 Å². The van der Waals surface area contributed by atoms with Crippen molar-refractivity contribution >= 4 is 23.6 Å². The number of amides is 4. The van der Waals surface area contributed by atoms with Crippen LogP contribution < -0.4 is 26.0 Å². The Morgan fingerprint density at radius 3 is 2.50 bits per heavy atom. The maximum Gasteiger partial charge on any atom is 0.255 e. The third kappa shape index (κ3) is 8.58. The smallest absolute Gasteiger partial charge is 0.255 e. The summed E-state index contributed by atoms with van der Waals surface area (Å²) >= 11 is 0. The predicted molar refractivity (Wildman–Crippen MR) is 141 cm³/mol. The number of para-hydroxylation sites is 1. The van der Waals surface area contributed by atoms with Crippen LogP contribution in [-0.4, -0.2) is 60.5 Å². The molecule has 0 radical (unpaired) electrons. The second-order valence-electron chi connectivity index (χ2n) is 9.62. The SMILES string of the molecule is CC(C)C[C@@H]1NC(=O)CC[C@@H](C(=O)NC[C@@H](O)c2ccccc2)NC(=O)c2ccccc2OCCNC1=O. The van der Waals surface area contributed by atoms with Crippen LogP contribution in [0.5, 0.6) is 5.75 Å². The minimum absolute atomic E-state index is 0.0100. The molecule has 1 heterocycles. The minimum Gasteiger partial charge on any atom is -0.491 e. The summed E-state index contributed by atoms with van der Waals surface area (Å²) in [7, 11) is 0. The van der Waals surface area contributed by atoms with Gasteiger partial charge >= 0.3 is 0 Å². The molecular formula is C28H36N4O6. The lowest BCUT2D eigenvalue weighted by Gasteiger charge is -2.22. The largest absolute Gasteiger partial charge is 0.491 e. The number of rotatable bonds is 6. The highest BCUT2D eigenvalue weighted by atomic mass is 16.5. The third-order valence-electron chi connectivity index (χ3n) is 6.09. The fourth-order valence-electron chi connectivity index (χ4n) is 4.10. The van der Waals surface area contributed by atoms with E-state index in [0.29, 0.717) is 17.7 Å². The number of ether oxygens (including phenoxy) is 1. The van der Waals surface area contributed by atoms with Gasteiger partial charge in [-0.05, 0) is 36.5 Å². The molecule has 2 aromatic rings. The molecule has 0 spiro atoms. The first kappa shape index (κ1) is 28.6. The molecule has 1 aliphatic heterocycles. The number of carbonyl (C=O) groups excluding carboxylic acids is 4. The van der Waals surface area contributed by atoms with Gasteiger partial charge in [-0.25, -0.2) is 0 Å². The molecule has 0 aliphatic carbocycles. The van der Waals surface area contributed by atoms with Crippen molar-refractivity contribution < 1.29 is 29.0 Å². The van der Waals surface area contributed by atoms with Gasteiger partial charge in [0.15, 0.2) is 0 Å². The predicted octanol–water partition coefficient (Wildman–Crippen LogP) is 1.45. The zero-order valence-corrected chi connectivity index (χ0v) is 21.7. The quantitative estimate of drug-likeness (QED) is 0.387. The summed E-state index contributed by atoms with van der Waals surface area (Å²) in [6, 6.07) is 13.7. The molecule has 2 aromatic carbocycles. The number of nitrogens with one attached hydrogen (secondary N) is 4. The molecular weight excluding hydrogens is 488 g/mol. The topological polar surface area (TPSA) is 146 Å². The van der Waals surface area contributed by atoms with Gasteiger partial charge in [0.25, 0.3) is 5.91 Å². The molecule has 4 amide bonds. The minimum atomic E-state index is -1.06. The van der Waals surface area contributed by atoms with Gasteiger partial charge < -0.3 is 31.1 Å². The summed E-state index contributed by atoms with van der Waals surface area (Å²) in [5.41, 5.74) is 0.858. The van der Waals surface area contributed by atoms with Gasteiger partial charge in [0.1, 0.15) is 24.4 Å². The molecule has 5 N–H and O–H groups in total. The van der Waals surface area contributed by atoms with E-state index in [0.717, 1.165) is 0 Å². The average molecular weight is 525 g/mol. The van der Waals surface area contributed by atoms with Crippen molar-refractivity contribution in [2.45, 2.75) is 51.3 Å². The first-order valence-electron chi connectivity index (χ1n) is 12.8. The number of hydrogen-bond donors (Lipinski definition) is 5. The van der Waals surface area contributed by atoms with E-state index < -0.39 is 35.9 Å². The van der Waals surface area contributed by atoms with Crippen LogP contribution in [0.2, 0.25) is 0 Å². The first-order valence-corrected chi connectivity index (χ1v) is 12.8. The number of carbonyl (C=O) groups is 4. The Balaban J connectivity index is 1.78. The van der Waals surface area contributed by atoms with Crippen molar-refractivity contribution in [1.29, 1.82) is 0 Å². The molecule has 3 atom stereocenters. The number of aliphatic hydroxyl groups excluding tert-OH is 1. The Morgan fingerprint density at radius 1 is 1.05 bits per heavy atom. The highest BCUT2D eigenvalue weighted by Crippen LogP contribution is 2.19. The van der Waals surface area contributed by atoms with Crippen molar-refractivity contribution in [3.8, 4) is 5.75 Å². The summed E-state index contributed by atoms with van der Waals surface area (Å²) in [4.78, 5) is 51.7. The standard InChI is InChI=1S/C28H36N4O6/c1-18(2)16-22-28(37)29-14-15-38-24-11-7-6-10-20(24)26(35)32-21(12-13-25(34)31-22)27(36)30-17-23(33)19-8-4-3-5-9-19/h3-11,18,21-23,33H,12-17H2,1-2H3,(H,29,37)(H,30,36)(H,31,34)(H,32,35)/t21-,22-,23+/m0/s1. The van der Waals surface area contributed by atoms with Gasteiger partial charge in [-0.2, -0.15) is 0 Å². The normalized spacial score (nSPS) is 19.9. The highest BCUT2D eigenvalue weighted by Gasteiger charge is 2.27. The van der Waals surface area contributed by atoms with Gasteiger partial charge in [0, 0.05) is 13.0 Å². The van der Waals surface area contributed by atoms with E-state index in [9.17, 15) is 24.3 Å². The Bertz CT molecular complexity index is 1110. The summed E-state index contributed by atoms with van der Waals surface area (Å²) < 4.78 is 5.75. The molecule has 3 rings (SSSR count). The lowest BCUT2D eigenvalue weighted by molar-refractivity contribution is -0.130. The maximum absolute atomic E-state index is 13.1. The summed E-state index contributed by atoms with van der Waals surface area (Å²) in [6.07, 6.45) is -0.603. The molecule has 0 aromatic heterocycles. The molecule has 0 bridgehead atoms. The first-order chi connectivity index (χ1) is 18.2. The van der Waals surface area contributed by atoms with Gasteiger partial charge in [0.2, 0.25) is 17.7 Å². The number of hydrogen-bond acceptors (Lipinski definition) is 6. The fraction of sp³-hybridized carbons (Fsp3) is 0.429. The third-order valence-corrected chi connectivity index (χ3v) is 6.09. The summed E-state index contributed by atoms with van der Waals surface area (Å²) in [5, 5.41) is 21.3. The van der Waals surface area contributed by atoms with E-state index in [-0.39, 0.29) is 49.9 Å². The second-order valence-corrected chi connectivity index (χ2v) is 9.62. The van der Waals surface area contributed by atoms with Crippen molar-refractivity contribution in [3.63, 3.8) is 0 Å². The molecule has 38 heavy (non-hydrogen) atoms. The molecule has 204 valence electrons. The van der Waals surface area contributed by atoms with Crippen LogP contribution in [-0.2, 0) is 14.4 Å². The average Bonchev–Trinajstić information content (AvgIpc) is 2.91. The Kier molecular flexibility index (Phi) is 10.7. The van der Waals surface area contributed by atoms with Gasteiger partial charge in [-0.1, -0.05) is 56.3 Å². The summed E-state index contributed by atoms with van der Waals surface area (Å²) in [5.74, 6) is -1.35. The van der Waals surface area contributed by atoms with Crippen LogP contribution in [0.1, 0.15) is 55.1 Å². The molecule has 10 heteroatoms. The summed E-state index contributed by atoms with van der Waals surface area (Å²) in [6.45, 7) is 4.13. The zero-order valence-electron chi connectivity index (χ0n) is 21.7. The molecule has 0 saturated carbocycles. The monoisotopic (exact) mass is 524 g/mol. The molecule has 0 saturated heterocycles. The van der Waals surface area contributed by atoms with Crippen LogP contribution >= 0.6 is 0 Å². The lowest BCUT2D eigenvalue weighted by Crippen LogP contribution is -2.49. The Hall–Kier alpha value is -3.92.